The molecule has 4 rings (SSSR count). The van der Waals surface area contributed by atoms with Crippen LogP contribution in [0.4, 0.5) is 13.2 Å². The predicted octanol–water partition coefficient (Wildman–Crippen LogP) is 2.45. The molecule has 0 aromatic heterocycles. The molecular formula is C13H17F3O6S. The maximum Gasteiger partial charge on any atom is 0.437 e. The van der Waals surface area contributed by atoms with Crippen LogP contribution in [0.15, 0.2) is 0 Å². The molecule has 4 aliphatic rings. The first-order valence-electron chi connectivity index (χ1n) is 7.40. The van der Waals surface area contributed by atoms with Crippen molar-refractivity contribution in [1.82, 2.24) is 0 Å². The third-order valence-corrected chi connectivity index (χ3v) is 6.43. The van der Waals surface area contributed by atoms with Gasteiger partial charge in [0.25, 0.3) is 0 Å². The van der Waals surface area contributed by atoms with Gasteiger partial charge in [0.1, 0.15) is 0 Å². The van der Waals surface area contributed by atoms with E-state index in [2.05, 4.69) is 9.07 Å². The van der Waals surface area contributed by atoms with E-state index in [1.54, 1.807) is 0 Å². The standard InChI is InChI=1S/C13H17F3O6S/c14-10(13(15,16)23(19,20)22-18)21-11(17)12-4-7-1-8(5-12)3-9(2-7)6-12/h7-10,18H,1-6H2. The van der Waals surface area contributed by atoms with Gasteiger partial charge in [0.2, 0.25) is 0 Å². The topological polar surface area (TPSA) is 89.9 Å². The summed E-state index contributed by atoms with van der Waals surface area (Å²) in [4.78, 5) is 12.3. The molecule has 4 bridgehead atoms. The number of rotatable bonds is 5. The van der Waals surface area contributed by atoms with Gasteiger partial charge in [0.05, 0.1) is 5.41 Å². The van der Waals surface area contributed by atoms with Crippen molar-refractivity contribution in [3.8, 4) is 0 Å². The summed E-state index contributed by atoms with van der Waals surface area (Å²) in [6, 6.07) is 0. The Morgan fingerprint density at radius 2 is 1.57 bits per heavy atom. The highest BCUT2D eigenvalue weighted by molar-refractivity contribution is 7.87. The third-order valence-electron chi connectivity index (χ3n) is 5.38. The molecule has 4 aliphatic carbocycles. The molecule has 0 aliphatic heterocycles. The number of carbonyl (C=O) groups excluding carboxylic acids is 1. The van der Waals surface area contributed by atoms with Crippen LogP contribution in [0.5, 0.6) is 0 Å². The summed E-state index contributed by atoms with van der Waals surface area (Å²) < 4.78 is 68.9. The molecule has 4 saturated carbocycles. The van der Waals surface area contributed by atoms with E-state index >= 15 is 0 Å². The largest absolute Gasteiger partial charge is 0.437 e. The first-order chi connectivity index (χ1) is 10.6. The molecule has 10 heteroatoms. The van der Waals surface area contributed by atoms with E-state index in [0.29, 0.717) is 37.0 Å². The normalized spacial score (nSPS) is 37.7. The van der Waals surface area contributed by atoms with E-state index in [4.69, 9.17) is 5.26 Å². The fraction of sp³-hybridized carbons (Fsp3) is 0.923. The molecule has 1 atom stereocenters. The molecular weight excluding hydrogens is 341 g/mol. The number of hydrogen-bond acceptors (Lipinski definition) is 6. The maximum absolute atomic E-state index is 13.6. The zero-order valence-corrected chi connectivity index (χ0v) is 12.9. The van der Waals surface area contributed by atoms with Gasteiger partial charge in [-0.3, -0.25) is 4.79 Å². The van der Waals surface area contributed by atoms with Gasteiger partial charge in [0, 0.05) is 0 Å². The lowest BCUT2D eigenvalue weighted by Gasteiger charge is -2.55. The summed E-state index contributed by atoms with van der Waals surface area (Å²) in [5.41, 5.74) is -1.00. The number of ether oxygens (including phenoxy) is 1. The van der Waals surface area contributed by atoms with Crippen molar-refractivity contribution < 1.29 is 40.7 Å². The monoisotopic (exact) mass is 358 g/mol. The second kappa shape index (κ2) is 5.32. The highest BCUT2D eigenvalue weighted by atomic mass is 32.2. The van der Waals surface area contributed by atoms with E-state index < -0.39 is 33.1 Å². The molecule has 6 nitrogen and oxygen atoms in total. The molecule has 0 spiro atoms. The smallest absolute Gasteiger partial charge is 0.423 e. The minimum absolute atomic E-state index is 0.303. The SMILES string of the molecule is O=C(OC(F)C(F)(F)S(=O)(=O)OO)C12CC3CC(CC(C3)C1)C2. The van der Waals surface area contributed by atoms with Crippen LogP contribution in [0.1, 0.15) is 38.5 Å². The Kier molecular flexibility index (Phi) is 3.92. The fourth-order valence-electron chi connectivity index (χ4n) is 4.81. The summed E-state index contributed by atoms with van der Waals surface area (Å²) in [6.07, 6.45) is 0.579. The average molecular weight is 358 g/mol. The van der Waals surface area contributed by atoms with Gasteiger partial charge in [-0.15, -0.1) is 4.33 Å². The highest BCUT2D eigenvalue weighted by Crippen LogP contribution is 2.60. The first-order valence-corrected chi connectivity index (χ1v) is 8.81. The van der Waals surface area contributed by atoms with Crippen LogP contribution in [-0.4, -0.2) is 31.3 Å². The quantitative estimate of drug-likeness (QED) is 0.461. The molecule has 0 aromatic carbocycles. The van der Waals surface area contributed by atoms with Crippen LogP contribution < -0.4 is 0 Å². The number of hydrogen-bond donors (Lipinski definition) is 1. The molecule has 0 heterocycles. The molecule has 0 saturated heterocycles. The van der Waals surface area contributed by atoms with E-state index in [9.17, 15) is 26.4 Å². The first kappa shape index (κ1) is 17.0. The summed E-state index contributed by atoms with van der Waals surface area (Å²) in [5, 5.41) is 2.79. The van der Waals surface area contributed by atoms with Gasteiger partial charge < -0.3 is 4.74 Å². The van der Waals surface area contributed by atoms with Crippen LogP contribution in [-0.2, 0) is 24.0 Å². The minimum Gasteiger partial charge on any atom is -0.423 e. The van der Waals surface area contributed by atoms with E-state index in [0.717, 1.165) is 19.3 Å². The van der Waals surface area contributed by atoms with Crippen molar-refractivity contribution in [3.63, 3.8) is 0 Å². The summed E-state index contributed by atoms with van der Waals surface area (Å²) >= 11 is 0. The molecule has 0 amide bonds. The Balaban J connectivity index is 1.75. The fourth-order valence-corrected chi connectivity index (χ4v) is 5.19. The lowest BCUT2D eigenvalue weighted by molar-refractivity contribution is -0.210. The number of carbonyl (C=O) groups is 1. The second-order valence-electron chi connectivity index (χ2n) is 7.01. The Morgan fingerprint density at radius 1 is 1.13 bits per heavy atom. The Morgan fingerprint density at radius 3 is 1.96 bits per heavy atom. The molecule has 4 fully saturated rings. The van der Waals surface area contributed by atoms with Crippen LogP contribution in [0.2, 0.25) is 0 Å². The summed E-state index contributed by atoms with van der Waals surface area (Å²) in [5.74, 6) is -0.220. The zero-order valence-electron chi connectivity index (χ0n) is 12.1. The van der Waals surface area contributed by atoms with Crippen molar-refractivity contribution in [2.75, 3.05) is 0 Å². The van der Waals surface area contributed by atoms with E-state index in [1.165, 1.54) is 0 Å². The van der Waals surface area contributed by atoms with Gasteiger partial charge in [-0.05, 0) is 56.3 Å². The average Bonchev–Trinajstić information content (AvgIpc) is 2.45. The van der Waals surface area contributed by atoms with Crippen molar-refractivity contribution in [2.45, 2.75) is 50.1 Å². The number of alkyl halides is 3. The summed E-state index contributed by atoms with van der Waals surface area (Å²) in [6.45, 7) is 0. The van der Waals surface area contributed by atoms with E-state index in [1.807, 2.05) is 0 Å². The van der Waals surface area contributed by atoms with Gasteiger partial charge in [0.15, 0.2) is 0 Å². The molecule has 1 unspecified atom stereocenters. The van der Waals surface area contributed by atoms with Gasteiger partial charge in [-0.2, -0.15) is 21.6 Å². The lowest BCUT2D eigenvalue weighted by Crippen LogP contribution is -2.52. The van der Waals surface area contributed by atoms with Crippen LogP contribution in [0.25, 0.3) is 0 Å². The van der Waals surface area contributed by atoms with E-state index in [-0.39, 0.29) is 0 Å². The third kappa shape index (κ3) is 2.64. The highest BCUT2D eigenvalue weighted by Gasteiger charge is 2.61. The molecule has 1 N–H and O–H groups in total. The minimum atomic E-state index is -5.93. The predicted molar refractivity (Wildman–Crippen MR) is 69.2 cm³/mol. The maximum atomic E-state index is 13.6. The van der Waals surface area contributed by atoms with Crippen molar-refractivity contribution >= 4 is 16.1 Å². The number of halogens is 3. The van der Waals surface area contributed by atoms with Crippen LogP contribution >= 0.6 is 0 Å². The number of esters is 1. The van der Waals surface area contributed by atoms with Gasteiger partial charge in [-0.1, -0.05) is 0 Å². The van der Waals surface area contributed by atoms with Gasteiger partial charge in [-0.25, -0.2) is 5.26 Å². The lowest BCUT2D eigenvalue weighted by atomic mass is 9.49. The summed E-state index contributed by atoms with van der Waals surface area (Å²) in [7, 11) is -5.93. The Hall–Kier alpha value is -0.870. The molecule has 132 valence electrons. The zero-order chi connectivity index (χ0) is 17.0. The second-order valence-corrected chi connectivity index (χ2v) is 8.61. The molecule has 0 aromatic rings. The molecule has 0 radical (unpaired) electrons. The van der Waals surface area contributed by atoms with Crippen molar-refractivity contribution in [1.29, 1.82) is 0 Å². The van der Waals surface area contributed by atoms with Crippen molar-refractivity contribution in [3.05, 3.63) is 0 Å². The van der Waals surface area contributed by atoms with Crippen molar-refractivity contribution in [2.24, 2.45) is 23.2 Å². The van der Waals surface area contributed by atoms with Gasteiger partial charge >= 0.3 is 27.7 Å². The Labute approximate surface area is 131 Å². The van der Waals surface area contributed by atoms with Crippen LogP contribution in [0.3, 0.4) is 0 Å². The Bertz CT molecular complexity index is 570. The molecule has 23 heavy (non-hydrogen) atoms. The van der Waals surface area contributed by atoms with Crippen LogP contribution in [0, 0.1) is 23.2 Å².